The van der Waals surface area contributed by atoms with E-state index in [2.05, 4.69) is 10.3 Å². The van der Waals surface area contributed by atoms with Crippen LogP contribution in [0.3, 0.4) is 0 Å². The van der Waals surface area contributed by atoms with Crippen molar-refractivity contribution in [3.63, 3.8) is 0 Å². The van der Waals surface area contributed by atoms with E-state index in [0.717, 1.165) is 0 Å². The van der Waals surface area contributed by atoms with Gasteiger partial charge >= 0.3 is 0 Å². The zero-order valence-electron chi connectivity index (χ0n) is 8.72. The molecule has 16 heavy (non-hydrogen) atoms. The Hall–Kier alpha value is -1.98. The van der Waals surface area contributed by atoms with Gasteiger partial charge in [-0.05, 0) is 18.6 Å². The van der Waals surface area contributed by atoms with Crippen LogP contribution in [0.2, 0.25) is 0 Å². The first-order valence-corrected chi connectivity index (χ1v) is 4.93. The Kier molecular flexibility index (Phi) is 2.55. The number of carbonyl (C=O) groups is 1. The predicted octanol–water partition coefficient (Wildman–Crippen LogP) is 1.01. The van der Waals surface area contributed by atoms with Gasteiger partial charge in [-0.2, -0.15) is 0 Å². The van der Waals surface area contributed by atoms with Crippen molar-refractivity contribution in [1.29, 1.82) is 0 Å². The fourth-order valence-electron chi connectivity index (χ4n) is 1.64. The van der Waals surface area contributed by atoms with Gasteiger partial charge in [-0.1, -0.05) is 12.1 Å². The molecule has 0 saturated carbocycles. The number of amides is 1. The molecule has 0 aliphatic rings. The Labute approximate surface area is 91.0 Å². The molecular formula is C10H11FN4O. The van der Waals surface area contributed by atoms with E-state index >= 15 is 0 Å². The highest BCUT2D eigenvalue weighted by Crippen LogP contribution is 2.18. The van der Waals surface area contributed by atoms with Gasteiger partial charge in [-0.3, -0.25) is 4.79 Å². The summed E-state index contributed by atoms with van der Waals surface area (Å²) in [6.45, 7) is 1.83. The maximum Gasteiger partial charge on any atom is 0.242 e. The van der Waals surface area contributed by atoms with E-state index in [1.165, 1.54) is 22.9 Å². The molecule has 2 rings (SSSR count). The lowest BCUT2D eigenvalue weighted by Crippen LogP contribution is -2.26. The Morgan fingerprint density at radius 1 is 1.62 bits per heavy atom. The molecule has 0 spiro atoms. The van der Waals surface area contributed by atoms with Crippen LogP contribution in [-0.4, -0.2) is 20.9 Å². The molecule has 1 heterocycles. The Bertz CT molecular complexity index is 537. The van der Waals surface area contributed by atoms with Crippen LogP contribution in [0.25, 0.3) is 11.0 Å². The number of hydrogen-bond acceptors (Lipinski definition) is 3. The SMILES string of the molecule is CCC(C(N)=O)n1nnc2cc(F)ccc21. The first-order valence-electron chi connectivity index (χ1n) is 4.93. The number of benzene rings is 1. The molecule has 0 saturated heterocycles. The molecule has 0 bridgehead atoms. The average molecular weight is 222 g/mol. The van der Waals surface area contributed by atoms with E-state index < -0.39 is 11.9 Å². The Balaban J connectivity index is 2.57. The third-order valence-electron chi connectivity index (χ3n) is 2.44. The van der Waals surface area contributed by atoms with Gasteiger partial charge in [0, 0.05) is 6.07 Å². The molecule has 0 aliphatic carbocycles. The summed E-state index contributed by atoms with van der Waals surface area (Å²) in [6, 6.07) is 3.56. The van der Waals surface area contributed by atoms with Gasteiger partial charge in [-0.15, -0.1) is 5.10 Å². The van der Waals surface area contributed by atoms with Crippen LogP contribution >= 0.6 is 0 Å². The summed E-state index contributed by atoms with van der Waals surface area (Å²) < 4.78 is 14.3. The monoisotopic (exact) mass is 222 g/mol. The molecule has 0 radical (unpaired) electrons. The quantitative estimate of drug-likeness (QED) is 0.842. The number of hydrogen-bond donors (Lipinski definition) is 1. The van der Waals surface area contributed by atoms with Crippen LogP contribution in [0.4, 0.5) is 4.39 Å². The van der Waals surface area contributed by atoms with Crippen molar-refractivity contribution in [3.05, 3.63) is 24.0 Å². The van der Waals surface area contributed by atoms with Crippen molar-refractivity contribution in [2.45, 2.75) is 19.4 Å². The maximum atomic E-state index is 12.9. The zero-order valence-corrected chi connectivity index (χ0v) is 8.72. The molecule has 1 amide bonds. The van der Waals surface area contributed by atoms with Gasteiger partial charge in [0.25, 0.3) is 0 Å². The van der Waals surface area contributed by atoms with E-state index in [9.17, 15) is 9.18 Å². The molecular weight excluding hydrogens is 211 g/mol. The second kappa shape index (κ2) is 3.88. The molecule has 2 N–H and O–H groups in total. The van der Waals surface area contributed by atoms with Crippen LogP contribution in [-0.2, 0) is 4.79 Å². The summed E-state index contributed by atoms with van der Waals surface area (Å²) in [7, 11) is 0. The third-order valence-corrected chi connectivity index (χ3v) is 2.44. The number of fused-ring (bicyclic) bond motifs is 1. The Morgan fingerprint density at radius 2 is 2.38 bits per heavy atom. The fraction of sp³-hybridized carbons (Fsp3) is 0.300. The van der Waals surface area contributed by atoms with Crippen molar-refractivity contribution in [3.8, 4) is 0 Å². The van der Waals surface area contributed by atoms with Gasteiger partial charge in [0.1, 0.15) is 17.4 Å². The van der Waals surface area contributed by atoms with E-state index in [-0.39, 0.29) is 5.82 Å². The zero-order chi connectivity index (χ0) is 11.7. The van der Waals surface area contributed by atoms with Gasteiger partial charge < -0.3 is 5.73 Å². The lowest BCUT2D eigenvalue weighted by atomic mass is 10.2. The van der Waals surface area contributed by atoms with Crippen LogP contribution in [0.15, 0.2) is 18.2 Å². The topological polar surface area (TPSA) is 73.8 Å². The summed E-state index contributed by atoms with van der Waals surface area (Å²) in [6.07, 6.45) is 0.519. The Morgan fingerprint density at radius 3 is 3.00 bits per heavy atom. The van der Waals surface area contributed by atoms with Gasteiger partial charge in [0.15, 0.2) is 0 Å². The number of nitrogens with two attached hydrogens (primary N) is 1. The average Bonchev–Trinajstić information content (AvgIpc) is 2.62. The van der Waals surface area contributed by atoms with Crippen molar-refractivity contribution in [2.24, 2.45) is 5.73 Å². The summed E-state index contributed by atoms with van der Waals surface area (Å²) in [5, 5.41) is 7.62. The van der Waals surface area contributed by atoms with Gasteiger partial charge in [0.05, 0.1) is 5.52 Å². The normalized spacial score (nSPS) is 12.9. The largest absolute Gasteiger partial charge is 0.368 e. The molecule has 2 aromatic rings. The van der Waals surface area contributed by atoms with Crippen molar-refractivity contribution < 1.29 is 9.18 Å². The number of aromatic nitrogens is 3. The summed E-state index contributed by atoms with van der Waals surface area (Å²) in [5.41, 5.74) is 6.28. The van der Waals surface area contributed by atoms with E-state index in [1.807, 2.05) is 6.92 Å². The highest BCUT2D eigenvalue weighted by molar-refractivity contribution is 5.81. The number of nitrogens with zero attached hydrogens (tertiary/aromatic N) is 3. The minimum atomic E-state index is -0.546. The van der Waals surface area contributed by atoms with Crippen LogP contribution in [0.5, 0.6) is 0 Å². The lowest BCUT2D eigenvalue weighted by molar-refractivity contribution is -0.121. The molecule has 6 heteroatoms. The van der Waals surface area contributed by atoms with Crippen LogP contribution in [0, 0.1) is 5.82 Å². The molecule has 5 nitrogen and oxygen atoms in total. The van der Waals surface area contributed by atoms with Crippen LogP contribution < -0.4 is 5.73 Å². The smallest absolute Gasteiger partial charge is 0.242 e. The lowest BCUT2D eigenvalue weighted by Gasteiger charge is -2.11. The highest BCUT2D eigenvalue weighted by atomic mass is 19.1. The number of rotatable bonds is 3. The van der Waals surface area contributed by atoms with E-state index in [0.29, 0.717) is 17.5 Å². The molecule has 1 unspecified atom stereocenters. The number of halogens is 1. The second-order valence-electron chi connectivity index (χ2n) is 3.49. The van der Waals surface area contributed by atoms with Crippen molar-refractivity contribution in [2.75, 3.05) is 0 Å². The molecule has 0 fully saturated rings. The first kappa shape index (κ1) is 10.5. The van der Waals surface area contributed by atoms with Gasteiger partial charge in [-0.25, -0.2) is 9.07 Å². The minimum Gasteiger partial charge on any atom is -0.368 e. The predicted molar refractivity (Wildman–Crippen MR) is 56.0 cm³/mol. The highest BCUT2D eigenvalue weighted by Gasteiger charge is 2.19. The van der Waals surface area contributed by atoms with E-state index in [4.69, 9.17) is 5.73 Å². The van der Waals surface area contributed by atoms with E-state index in [1.54, 1.807) is 0 Å². The number of carbonyl (C=O) groups excluding carboxylic acids is 1. The van der Waals surface area contributed by atoms with Crippen LogP contribution in [0.1, 0.15) is 19.4 Å². The summed E-state index contributed by atoms with van der Waals surface area (Å²) in [4.78, 5) is 11.2. The maximum absolute atomic E-state index is 12.9. The minimum absolute atomic E-state index is 0.383. The standard InChI is InChI=1S/C10H11FN4O/c1-2-8(10(12)16)15-9-4-3-6(11)5-7(9)13-14-15/h3-5,8H,2H2,1H3,(H2,12,16). The van der Waals surface area contributed by atoms with Gasteiger partial charge in [0.2, 0.25) is 5.91 Å². The van der Waals surface area contributed by atoms with Crippen molar-refractivity contribution in [1.82, 2.24) is 15.0 Å². The molecule has 1 aromatic heterocycles. The third kappa shape index (κ3) is 1.62. The van der Waals surface area contributed by atoms with Crippen molar-refractivity contribution >= 4 is 16.9 Å². The molecule has 84 valence electrons. The first-order chi connectivity index (χ1) is 7.63. The summed E-state index contributed by atoms with van der Waals surface area (Å²) >= 11 is 0. The summed E-state index contributed by atoms with van der Waals surface area (Å²) in [5.74, 6) is -0.856. The number of primary amides is 1. The second-order valence-corrected chi connectivity index (χ2v) is 3.49. The molecule has 0 aliphatic heterocycles. The fourth-order valence-corrected chi connectivity index (χ4v) is 1.64. The molecule has 1 aromatic carbocycles. The molecule has 1 atom stereocenters.